The van der Waals surface area contributed by atoms with Gasteiger partial charge in [-0.3, -0.25) is 4.79 Å². The van der Waals surface area contributed by atoms with Crippen molar-refractivity contribution in [3.05, 3.63) is 0 Å². The van der Waals surface area contributed by atoms with Crippen molar-refractivity contribution in [3.8, 4) is 0 Å². The number of nitrogens with zero attached hydrogens (tertiary/aromatic N) is 1. The smallest absolute Gasteiger partial charge is 0.222 e. The molecule has 2 aliphatic rings. The van der Waals surface area contributed by atoms with Crippen molar-refractivity contribution in [1.29, 1.82) is 0 Å². The van der Waals surface area contributed by atoms with Gasteiger partial charge in [-0.25, -0.2) is 0 Å². The average molecular weight is 238 g/mol. The highest BCUT2D eigenvalue weighted by molar-refractivity contribution is 5.76. The number of hydrogen-bond donors (Lipinski definition) is 1. The highest BCUT2D eigenvalue weighted by Crippen LogP contribution is 2.38. The summed E-state index contributed by atoms with van der Waals surface area (Å²) >= 11 is 0. The lowest BCUT2D eigenvalue weighted by Crippen LogP contribution is -2.52. The summed E-state index contributed by atoms with van der Waals surface area (Å²) in [6.45, 7) is 3.97. The quantitative estimate of drug-likeness (QED) is 0.819. The zero-order valence-corrected chi connectivity index (χ0v) is 11.0. The molecular formula is C14H26N2O. The summed E-state index contributed by atoms with van der Waals surface area (Å²) in [5.74, 6) is 1.91. The molecule has 3 nitrogen and oxygen atoms in total. The van der Waals surface area contributed by atoms with Crippen LogP contribution in [0, 0.1) is 11.8 Å². The Hall–Kier alpha value is -0.570. The molecule has 17 heavy (non-hydrogen) atoms. The molecule has 0 spiro atoms. The number of piperidine rings is 1. The van der Waals surface area contributed by atoms with Gasteiger partial charge in [-0.2, -0.15) is 0 Å². The molecule has 1 aliphatic heterocycles. The molecule has 0 aromatic heterocycles. The first kappa shape index (κ1) is 12.9. The maximum atomic E-state index is 12.2. The fourth-order valence-corrected chi connectivity index (χ4v) is 3.62. The van der Waals surface area contributed by atoms with Crippen molar-refractivity contribution in [2.45, 2.75) is 57.9 Å². The van der Waals surface area contributed by atoms with Gasteiger partial charge >= 0.3 is 0 Å². The number of amides is 1. The Kier molecular flexibility index (Phi) is 4.43. The standard InChI is InChI=1S/C14H26N2O/c1-11-8-10-16(14(17)7-4-9-15)13-6-3-2-5-12(11)13/h11-13H,2-10,15H2,1H3. The van der Waals surface area contributed by atoms with E-state index in [1.807, 2.05) is 0 Å². The SMILES string of the molecule is CC1CCN(C(=O)CCCN)C2CCCCC12. The zero-order valence-electron chi connectivity index (χ0n) is 11.0. The summed E-state index contributed by atoms with van der Waals surface area (Å²) in [7, 11) is 0. The molecule has 2 fully saturated rings. The number of carbonyl (C=O) groups excluding carboxylic acids is 1. The number of fused-ring (bicyclic) bond motifs is 1. The second-order valence-electron chi connectivity index (χ2n) is 5.76. The van der Waals surface area contributed by atoms with E-state index in [1.54, 1.807) is 0 Å². The molecule has 0 radical (unpaired) electrons. The molecule has 3 unspecified atom stereocenters. The number of nitrogens with two attached hydrogens (primary N) is 1. The van der Waals surface area contributed by atoms with Crippen LogP contribution in [0.5, 0.6) is 0 Å². The van der Waals surface area contributed by atoms with Crippen molar-refractivity contribution in [3.63, 3.8) is 0 Å². The molecule has 1 amide bonds. The first-order valence-corrected chi connectivity index (χ1v) is 7.23. The Morgan fingerprint density at radius 2 is 2.06 bits per heavy atom. The van der Waals surface area contributed by atoms with Gasteiger partial charge in [-0.1, -0.05) is 19.8 Å². The van der Waals surface area contributed by atoms with Crippen molar-refractivity contribution in [2.24, 2.45) is 17.6 Å². The molecule has 3 heteroatoms. The minimum absolute atomic E-state index is 0.347. The Morgan fingerprint density at radius 3 is 2.82 bits per heavy atom. The predicted molar refractivity (Wildman–Crippen MR) is 69.5 cm³/mol. The van der Waals surface area contributed by atoms with Crippen LogP contribution in [-0.4, -0.2) is 29.9 Å². The molecule has 1 saturated carbocycles. The monoisotopic (exact) mass is 238 g/mol. The van der Waals surface area contributed by atoms with E-state index in [0.29, 0.717) is 24.9 Å². The zero-order chi connectivity index (χ0) is 12.3. The highest BCUT2D eigenvalue weighted by Gasteiger charge is 2.38. The first-order valence-electron chi connectivity index (χ1n) is 7.23. The van der Waals surface area contributed by atoms with Crippen LogP contribution in [0.3, 0.4) is 0 Å². The number of carbonyl (C=O) groups is 1. The third-order valence-corrected chi connectivity index (χ3v) is 4.65. The van der Waals surface area contributed by atoms with Crippen molar-refractivity contribution >= 4 is 5.91 Å². The Balaban J connectivity index is 1.99. The highest BCUT2D eigenvalue weighted by atomic mass is 16.2. The Labute approximate surface area is 105 Å². The maximum Gasteiger partial charge on any atom is 0.222 e. The molecule has 0 bridgehead atoms. The van der Waals surface area contributed by atoms with Crippen LogP contribution in [0.2, 0.25) is 0 Å². The molecule has 1 aliphatic carbocycles. The maximum absolute atomic E-state index is 12.2. The third-order valence-electron chi connectivity index (χ3n) is 4.65. The van der Waals surface area contributed by atoms with E-state index in [1.165, 1.54) is 32.1 Å². The topological polar surface area (TPSA) is 46.3 Å². The van der Waals surface area contributed by atoms with Crippen molar-refractivity contribution in [2.75, 3.05) is 13.1 Å². The third kappa shape index (κ3) is 2.82. The van der Waals surface area contributed by atoms with E-state index in [4.69, 9.17) is 5.73 Å². The van der Waals surface area contributed by atoms with Gasteiger partial charge in [0.1, 0.15) is 0 Å². The van der Waals surface area contributed by atoms with Crippen molar-refractivity contribution in [1.82, 2.24) is 4.90 Å². The van der Waals surface area contributed by atoms with Crippen LogP contribution < -0.4 is 5.73 Å². The predicted octanol–water partition coefficient (Wildman–Crippen LogP) is 2.15. The molecule has 3 atom stereocenters. The molecule has 0 aromatic rings. The van der Waals surface area contributed by atoms with Gasteiger partial charge in [0.25, 0.3) is 0 Å². The second-order valence-corrected chi connectivity index (χ2v) is 5.76. The van der Waals surface area contributed by atoms with E-state index in [9.17, 15) is 4.79 Å². The van der Waals surface area contributed by atoms with Crippen LogP contribution in [0.25, 0.3) is 0 Å². The lowest BCUT2D eigenvalue weighted by atomic mass is 9.72. The number of hydrogen-bond acceptors (Lipinski definition) is 2. The van der Waals surface area contributed by atoms with Crippen LogP contribution in [0.4, 0.5) is 0 Å². The van der Waals surface area contributed by atoms with E-state index in [-0.39, 0.29) is 0 Å². The largest absolute Gasteiger partial charge is 0.339 e. The summed E-state index contributed by atoms with van der Waals surface area (Å²) < 4.78 is 0. The fraction of sp³-hybridized carbons (Fsp3) is 0.929. The molecule has 1 saturated heterocycles. The summed E-state index contributed by atoms with van der Waals surface area (Å²) in [5, 5.41) is 0. The first-order chi connectivity index (χ1) is 8.24. The number of likely N-dealkylation sites (tertiary alicyclic amines) is 1. The lowest BCUT2D eigenvalue weighted by molar-refractivity contribution is -0.139. The summed E-state index contributed by atoms with van der Waals surface area (Å²) in [4.78, 5) is 14.4. The fourth-order valence-electron chi connectivity index (χ4n) is 3.62. The van der Waals surface area contributed by atoms with Gasteiger partial charge in [0.05, 0.1) is 0 Å². The van der Waals surface area contributed by atoms with Gasteiger partial charge < -0.3 is 10.6 Å². The van der Waals surface area contributed by atoms with Gasteiger partial charge in [-0.15, -0.1) is 0 Å². The van der Waals surface area contributed by atoms with Crippen LogP contribution in [0.15, 0.2) is 0 Å². The van der Waals surface area contributed by atoms with Gasteiger partial charge in [0.2, 0.25) is 5.91 Å². The molecule has 0 aromatic carbocycles. The van der Waals surface area contributed by atoms with E-state index in [0.717, 1.165) is 24.8 Å². The van der Waals surface area contributed by atoms with Gasteiger partial charge in [-0.05, 0) is 44.1 Å². The normalized spacial score (nSPS) is 33.3. The van der Waals surface area contributed by atoms with E-state index in [2.05, 4.69) is 11.8 Å². The molecule has 1 heterocycles. The Bertz CT molecular complexity index is 267. The van der Waals surface area contributed by atoms with Crippen molar-refractivity contribution < 1.29 is 4.79 Å². The van der Waals surface area contributed by atoms with Gasteiger partial charge in [0, 0.05) is 19.0 Å². The summed E-state index contributed by atoms with van der Waals surface area (Å²) in [5.41, 5.74) is 5.49. The van der Waals surface area contributed by atoms with E-state index < -0.39 is 0 Å². The second kappa shape index (κ2) is 5.85. The molecule has 2 N–H and O–H groups in total. The number of rotatable bonds is 3. The minimum Gasteiger partial charge on any atom is -0.339 e. The van der Waals surface area contributed by atoms with Crippen LogP contribution in [-0.2, 0) is 4.79 Å². The summed E-state index contributed by atoms with van der Waals surface area (Å²) in [6.07, 6.45) is 7.88. The van der Waals surface area contributed by atoms with Gasteiger partial charge in [0.15, 0.2) is 0 Å². The Morgan fingerprint density at radius 1 is 1.29 bits per heavy atom. The molecule has 98 valence electrons. The van der Waals surface area contributed by atoms with Crippen LogP contribution in [0.1, 0.15) is 51.9 Å². The molecular weight excluding hydrogens is 212 g/mol. The van der Waals surface area contributed by atoms with Crippen LogP contribution >= 0.6 is 0 Å². The minimum atomic E-state index is 0.347. The lowest BCUT2D eigenvalue weighted by Gasteiger charge is -2.47. The molecule has 2 rings (SSSR count). The summed E-state index contributed by atoms with van der Waals surface area (Å²) in [6, 6.07) is 0.540. The van der Waals surface area contributed by atoms with E-state index >= 15 is 0 Å². The average Bonchev–Trinajstić information content (AvgIpc) is 2.37.